The van der Waals surface area contributed by atoms with Gasteiger partial charge in [0, 0.05) is 53.8 Å². The maximum absolute atomic E-state index is 13.5. The lowest BCUT2D eigenvalue weighted by Gasteiger charge is -2.26. The number of hydrogen-bond donors (Lipinski definition) is 2. The second-order valence-electron chi connectivity index (χ2n) is 9.32. The molecule has 2 N–H and O–H groups in total. The molecule has 4 aromatic carbocycles. The van der Waals surface area contributed by atoms with Gasteiger partial charge in [-0.2, -0.15) is 0 Å². The van der Waals surface area contributed by atoms with E-state index in [9.17, 15) is 9.59 Å². The number of H-pyrrole nitrogens is 1. The summed E-state index contributed by atoms with van der Waals surface area (Å²) in [7, 11) is 0. The fourth-order valence-electron chi connectivity index (χ4n) is 4.94. The summed E-state index contributed by atoms with van der Waals surface area (Å²) in [5.41, 5.74) is 4.63. The van der Waals surface area contributed by atoms with Crippen molar-refractivity contribution in [2.75, 3.05) is 19.6 Å². The van der Waals surface area contributed by atoms with Crippen LogP contribution < -0.4 is 5.32 Å². The molecule has 5 heteroatoms. The molecule has 0 unspecified atom stereocenters. The first kappa shape index (κ1) is 25.0. The largest absolute Gasteiger partial charge is 0.361 e. The van der Waals surface area contributed by atoms with Crippen LogP contribution in [0.25, 0.3) is 10.9 Å². The van der Waals surface area contributed by atoms with E-state index in [4.69, 9.17) is 0 Å². The molecule has 0 spiro atoms. The standard InChI is InChI=1S/C33H31N3O2/c37-32(30-17-10-18-31-29(30)19-21-34-31)35-22-24-36(33(38)27-15-8-3-9-16-27)23-20-28(25-11-4-1-5-12-25)26-13-6-2-7-14-26/h1-19,21,28,34H,20,22-24H2,(H,35,37). The summed E-state index contributed by atoms with van der Waals surface area (Å²) in [6, 6.07) is 37.7. The van der Waals surface area contributed by atoms with Gasteiger partial charge in [0.15, 0.2) is 0 Å². The lowest BCUT2D eigenvalue weighted by atomic mass is 9.88. The van der Waals surface area contributed by atoms with Crippen molar-refractivity contribution in [1.82, 2.24) is 15.2 Å². The van der Waals surface area contributed by atoms with Crippen LogP contribution in [0.3, 0.4) is 0 Å². The number of amides is 2. The second-order valence-corrected chi connectivity index (χ2v) is 9.32. The zero-order valence-electron chi connectivity index (χ0n) is 21.2. The molecule has 1 aromatic heterocycles. The Morgan fingerprint density at radius 1 is 0.711 bits per heavy atom. The second kappa shape index (κ2) is 12.1. The van der Waals surface area contributed by atoms with Crippen molar-refractivity contribution >= 4 is 22.7 Å². The van der Waals surface area contributed by atoms with E-state index in [1.165, 1.54) is 11.1 Å². The third-order valence-corrected chi connectivity index (χ3v) is 6.91. The van der Waals surface area contributed by atoms with E-state index in [0.717, 1.165) is 17.3 Å². The number of nitrogens with zero attached hydrogens (tertiary/aromatic N) is 1. The summed E-state index contributed by atoms with van der Waals surface area (Å²) < 4.78 is 0. The Morgan fingerprint density at radius 3 is 2.00 bits per heavy atom. The molecule has 190 valence electrons. The van der Waals surface area contributed by atoms with E-state index in [0.29, 0.717) is 30.8 Å². The van der Waals surface area contributed by atoms with E-state index >= 15 is 0 Å². The highest BCUT2D eigenvalue weighted by atomic mass is 16.2. The zero-order chi connectivity index (χ0) is 26.2. The van der Waals surface area contributed by atoms with E-state index in [1.54, 1.807) is 0 Å². The summed E-state index contributed by atoms with van der Waals surface area (Å²) in [5.74, 6) is -0.0227. The molecule has 5 rings (SSSR count). The van der Waals surface area contributed by atoms with Gasteiger partial charge in [0.1, 0.15) is 0 Å². The molecule has 2 amide bonds. The number of carbonyl (C=O) groups excluding carboxylic acids is 2. The number of aromatic amines is 1. The molecule has 0 aliphatic rings. The molecule has 5 nitrogen and oxygen atoms in total. The molecule has 0 saturated heterocycles. The minimum absolute atomic E-state index is 0.0348. The van der Waals surface area contributed by atoms with Crippen LogP contribution in [0, 0.1) is 0 Å². The van der Waals surface area contributed by atoms with Crippen molar-refractivity contribution in [3.05, 3.63) is 144 Å². The van der Waals surface area contributed by atoms with Gasteiger partial charge < -0.3 is 15.2 Å². The molecule has 0 bridgehead atoms. The fraction of sp³-hybridized carbons (Fsp3) is 0.152. The summed E-state index contributed by atoms with van der Waals surface area (Å²) in [6.07, 6.45) is 2.60. The normalized spacial score (nSPS) is 11.0. The van der Waals surface area contributed by atoms with Crippen molar-refractivity contribution in [3.63, 3.8) is 0 Å². The highest BCUT2D eigenvalue weighted by Crippen LogP contribution is 2.28. The highest BCUT2D eigenvalue weighted by molar-refractivity contribution is 6.06. The van der Waals surface area contributed by atoms with Gasteiger partial charge >= 0.3 is 0 Å². The van der Waals surface area contributed by atoms with Gasteiger partial charge in [-0.25, -0.2) is 0 Å². The average molecular weight is 502 g/mol. The van der Waals surface area contributed by atoms with Gasteiger partial charge in [0.05, 0.1) is 0 Å². The first-order valence-electron chi connectivity index (χ1n) is 13.0. The van der Waals surface area contributed by atoms with E-state index in [2.05, 4.69) is 58.8 Å². The Labute approximate surface area is 223 Å². The fourth-order valence-corrected chi connectivity index (χ4v) is 4.94. The van der Waals surface area contributed by atoms with Crippen molar-refractivity contribution in [3.8, 4) is 0 Å². The molecule has 38 heavy (non-hydrogen) atoms. The summed E-state index contributed by atoms with van der Waals surface area (Å²) in [5, 5.41) is 3.91. The SMILES string of the molecule is O=C(NCCN(CCC(c1ccccc1)c1ccccc1)C(=O)c1ccccc1)c1cccc2[nH]ccc12. The molecule has 0 saturated carbocycles. The minimum Gasteiger partial charge on any atom is -0.361 e. The van der Waals surface area contributed by atoms with Gasteiger partial charge in [0.2, 0.25) is 0 Å². The predicted octanol–water partition coefficient (Wildman–Crippen LogP) is 6.26. The number of aromatic nitrogens is 1. The van der Waals surface area contributed by atoms with E-state index in [-0.39, 0.29) is 17.7 Å². The predicted molar refractivity (Wildman–Crippen MR) is 152 cm³/mol. The molecule has 0 aliphatic carbocycles. The Bertz CT molecular complexity index is 1440. The minimum atomic E-state index is -0.145. The maximum atomic E-state index is 13.5. The Balaban J connectivity index is 1.32. The molecular weight excluding hydrogens is 470 g/mol. The first-order chi connectivity index (χ1) is 18.7. The third-order valence-electron chi connectivity index (χ3n) is 6.91. The van der Waals surface area contributed by atoms with Gasteiger partial charge in [-0.15, -0.1) is 0 Å². The number of fused-ring (bicyclic) bond motifs is 1. The summed E-state index contributed by atoms with van der Waals surface area (Å²) in [6.45, 7) is 1.34. The van der Waals surface area contributed by atoms with Crippen LogP contribution in [0.5, 0.6) is 0 Å². The number of rotatable bonds is 10. The van der Waals surface area contributed by atoms with Crippen LogP contribution >= 0.6 is 0 Å². The van der Waals surface area contributed by atoms with Gasteiger partial charge in [-0.3, -0.25) is 9.59 Å². The smallest absolute Gasteiger partial charge is 0.253 e. The number of hydrogen-bond acceptors (Lipinski definition) is 2. The van der Waals surface area contributed by atoms with Gasteiger partial charge in [-0.05, 0) is 47.9 Å². The van der Waals surface area contributed by atoms with Crippen LogP contribution in [0.1, 0.15) is 44.2 Å². The van der Waals surface area contributed by atoms with Crippen molar-refractivity contribution in [2.24, 2.45) is 0 Å². The summed E-state index contributed by atoms with van der Waals surface area (Å²) in [4.78, 5) is 31.5. The Morgan fingerprint density at radius 2 is 1.34 bits per heavy atom. The average Bonchev–Trinajstić information content (AvgIpc) is 3.47. The molecule has 0 fully saturated rings. The topological polar surface area (TPSA) is 65.2 Å². The lowest BCUT2D eigenvalue weighted by Crippen LogP contribution is -2.39. The molecule has 0 aliphatic heterocycles. The van der Waals surface area contributed by atoms with Gasteiger partial charge in [-0.1, -0.05) is 84.9 Å². The molecular formula is C33H31N3O2. The number of carbonyl (C=O) groups is 2. The maximum Gasteiger partial charge on any atom is 0.253 e. The zero-order valence-corrected chi connectivity index (χ0v) is 21.2. The van der Waals surface area contributed by atoms with Crippen LogP contribution in [0.4, 0.5) is 0 Å². The lowest BCUT2D eigenvalue weighted by molar-refractivity contribution is 0.0745. The van der Waals surface area contributed by atoms with Crippen LogP contribution in [0.2, 0.25) is 0 Å². The van der Waals surface area contributed by atoms with Crippen LogP contribution in [0.15, 0.2) is 121 Å². The highest BCUT2D eigenvalue weighted by Gasteiger charge is 2.20. The Kier molecular flexibility index (Phi) is 7.95. The summed E-state index contributed by atoms with van der Waals surface area (Å²) >= 11 is 0. The van der Waals surface area contributed by atoms with Crippen molar-refractivity contribution in [1.29, 1.82) is 0 Å². The number of benzene rings is 4. The first-order valence-corrected chi connectivity index (χ1v) is 13.0. The quantitative estimate of drug-likeness (QED) is 0.237. The monoisotopic (exact) mass is 501 g/mol. The van der Waals surface area contributed by atoms with Crippen LogP contribution in [-0.2, 0) is 0 Å². The number of nitrogens with one attached hydrogen (secondary N) is 2. The molecule has 1 heterocycles. The Hall–Kier alpha value is -4.64. The molecule has 5 aromatic rings. The molecule has 0 radical (unpaired) electrons. The van der Waals surface area contributed by atoms with Crippen LogP contribution in [-0.4, -0.2) is 41.3 Å². The molecule has 0 atom stereocenters. The third kappa shape index (κ3) is 5.84. The van der Waals surface area contributed by atoms with Crippen molar-refractivity contribution in [2.45, 2.75) is 12.3 Å². The van der Waals surface area contributed by atoms with E-state index in [1.807, 2.05) is 77.8 Å². The van der Waals surface area contributed by atoms with Crippen molar-refractivity contribution < 1.29 is 9.59 Å². The van der Waals surface area contributed by atoms with E-state index < -0.39 is 0 Å². The van der Waals surface area contributed by atoms with Gasteiger partial charge in [0.25, 0.3) is 11.8 Å².